The fraction of sp³-hybridized carbons (Fsp3) is 0.421. The molecule has 1 aliphatic rings. The van der Waals surface area contributed by atoms with Gasteiger partial charge in [0.1, 0.15) is 33.3 Å². The van der Waals surface area contributed by atoms with Crippen molar-refractivity contribution in [3.8, 4) is 12.1 Å². The fourth-order valence-corrected chi connectivity index (χ4v) is 5.66. The Hall–Kier alpha value is -2.19. The summed E-state index contributed by atoms with van der Waals surface area (Å²) in [4.78, 5) is 5.59. The fourth-order valence-electron chi connectivity index (χ4n) is 3.68. The lowest BCUT2D eigenvalue weighted by Crippen LogP contribution is -3.03. The normalized spacial score (nSPS) is 17.9. The molecule has 2 aromatic heterocycles. The average molecular weight is 385 g/mol. The molecule has 0 atom stereocenters. The third kappa shape index (κ3) is 3.39. The van der Waals surface area contributed by atoms with E-state index >= 15 is 0 Å². The van der Waals surface area contributed by atoms with Crippen molar-refractivity contribution in [2.75, 3.05) is 5.32 Å². The highest BCUT2D eigenvalue weighted by molar-refractivity contribution is 7.16. The molecule has 0 bridgehead atoms. The van der Waals surface area contributed by atoms with Gasteiger partial charge < -0.3 is 10.6 Å². The molecule has 1 aliphatic heterocycles. The maximum Gasteiger partial charge on any atom is 0.135 e. The van der Waals surface area contributed by atoms with Crippen LogP contribution >= 0.6 is 22.7 Å². The van der Waals surface area contributed by atoms with Crippen LogP contribution in [0.4, 0.5) is 5.00 Å². The van der Waals surface area contributed by atoms with E-state index in [1.54, 1.807) is 17.5 Å². The van der Waals surface area contributed by atoms with Gasteiger partial charge in [-0.2, -0.15) is 10.5 Å². The van der Waals surface area contributed by atoms with Gasteiger partial charge in [0.2, 0.25) is 0 Å². The highest BCUT2D eigenvalue weighted by Crippen LogP contribution is 2.41. The molecule has 2 aromatic rings. The number of anilines is 1. The van der Waals surface area contributed by atoms with Crippen LogP contribution in [0.15, 0.2) is 11.6 Å². The summed E-state index contributed by atoms with van der Waals surface area (Å²) >= 11 is 3.06. The number of quaternary nitrogens is 1. The summed E-state index contributed by atoms with van der Waals surface area (Å²) in [6.07, 6.45) is 2.52. The lowest BCUT2D eigenvalue weighted by molar-refractivity contribution is -0.789. The Balaban J connectivity index is 2.00. The molecule has 0 amide bonds. The first-order valence-corrected chi connectivity index (χ1v) is 10.1. The Morgan fingerprint density at radius 3 is 2.65 bits per heavy atom. The molecule has 0 aliphatic carbocycles. The van der Waals surface area contributed by atoms with Gasteiger partial charge in [0.05, 0.1) is 16.0 Å². The number of allylic oxidation sites excluding steroid dienone is 1. The average Bonchev–Trinajstić information content (AvgIpc) is 3.10. The number of nitriles is 2. The van der Waals surface area contributed by atoms with Gasteiger partial charge in [-0.3, -0.25) is 0 Å². The number of hydrogen-bond donors (Lipinski definition) is 2. The molecule has 134 valence electrons. The van der Waals surface area contributed by atoms with Crippen molar-refractivity contribution in [3.05, 3.63) is 38.3 Å². The van der Waals surface area contributed by atoms with E-state index in [1.165, 1.54) is 16.2 Å². The molecule has 0 saturated carbocycles. The molecule has 26 heavy (non-hydrogen) atoms. The standard InChI is InChI=1S/C19H21N5S2/c1-11-10-25-16(23-11)12(7-20)9-22-17-14(8-21)13-6-18(2,3)24-19(4,5)15(13)26-17/h9-10,22,24H,6H2,1-5H3/p+1/b12-9+. The van der Waals surface area contributed by atoms with Gasteiger partial charge in [-0.15, -0.1) is 22.7 Å². The van der Waals surface area contributed by atoms with E-state index in [9.17, 15) is 10.5 Å². The number of thiophene rings is 1. The number of thiazole rings is 1. The number of hydrogen-bond acceptors (Lipinski definition) is 6. The van der Waals surface area contributed by atoms with Crippen molar-refractivity contribution in [3.63, 3.8) is 0 Å². The third-order valence-corrected chi connectivity index (χ3v) is 6.90. The van der Waals surface area contributed by atoms with Crippen molar-refractivity contribution in [1.82, 2.24) is 4.98 Å². The number of aromatic nitrogens is 1. The monoisotopic (exact) mass is 384 g/mol. The van der Waals surface area contributed by atoms with Crippen molar-refractivity contribution in [2.45, 2.75) is 52.1 Å². The number of rotatable bonds is 3. The van der Waals surface area contributed by atoms with Gasteiger partial charge in [0, 0.05) is 23.7 Å². The second-order valence-electron chi connectivity index (χ2n) is 7.87. The van der Waals surface area contributed by atoms with E-state index in [2.05, 4.69) is 55.5 Å². The Kier molecular flexibility index (Phi) is 4.66. The van der Waals surface area contributed by atoms with E-state index in [0.717, 1.165) is 22.7 Å². The number of nitrogens with two attached hydrogens (primary N) is 1. The Bertz CT molecular complexity index is 963. The zero-order chi connectivity index (χ0) is 19.1. The summed E-state index contributed by atoms with van der Waals surface area (Å²) in [6.45, 7) is 10.7. The maximum absolute atomic E-state index is 9.76. The first-order chi connectivity index (χ1) is 12.2. The highest BCUT2D eigenvalue weighted by Gasteiger charge is 2.44. The maximum atomic E-state index is 9.76. The van der Waals surface area contributed by atoms with Crippen LogP contribution in [0, 0.1) is 29.6 Å². The van der Waals surface area contributed by atoms with Crippen LogP contribution in [0.25, 0.3) is 5.57 Å². The van der Waals surface area contributed by atoms with Crippen LogP contribution in [-0.2, 0) is 12.0 Å². The molecular formula is C19H22N5S2+. The molecular weight excluding hydrogens is 362 g/mol. The van der Waals surface area contributed by atoms with Crippen LogP contribution in [0.1, 0.15) is 54.4 Å². The summed E-state index contributed by atoms with van der Waals surface area (Å²) in [5.41, 5.74) is 3.17. The van der Waals surface area contributed by atoms with Crippen LogP contribution in [-0.4, -0.2) is 10.5 Å². The largest absolute Gasteiger partial charge is 0.351 e. The lowest BCUT2D eigenvalue weighted by atomic mass is 9.81. The van der Waals surface area contributed by atoms with Crippen LogP contribution < -0.4 is 10.6 Å². The van der Waals surface area contributed by atoms with Gasteiger partial charge in [-0.25, -0.2) is 4.98 Å². The molecule has 5 nitrogen and oxygen atoms in total. The molecule has 7 heteroatoms. The summed E-state index contributed by atoms with van der Waals surface area (Å²) in [6, 6.07) is 4.57. The van der Waals surface area contributed by atoms with Gasteiger partial charge >= 0.3 is 0 Å². The van der Waals surface area contributed by atoms with Crippen molar-refractivity contribution in [2.24, 2.45) is 0 Å². The first kappa shape index (κ1) is 18.6. The molecule has 0 saturated heterocycles. The molecule has 0 fully saturated rings. The zero-order valence-electron chi connectivity index (χ0n) is 15.6. The summed E-state index contributed by atoms with van der Waals surface area (Å²) in [7, 11) is 0. The number of fused-ring (bicyclic) bond motifs is 1. The summed E-state index contributed by atoms with van der Waals surface area (Å²) in [5.74, 6) is 0. The molecule has 3 rings (SSSR count). The zero-order valence-corrected chi connectivity index (χ0v) is 17.2. The minimum absolute atomic E-state index is 0.0481. The van der Waals surface area contributed by atoms with E-state index in [0.29, 0.717) is 16.1 Å². The third-order valence-electron chi connectivity index (χ3n) is 4.41. The van der Waals surface area contributed by atoms with Crippen LogP contribution in [0.2, 0.25) is 0 Å². The molecule has 0 spiro atoms. The predicted octanol–water partition coefficient (Wildman–Crippen LogP) is 3.49. The van der Waals surface area contributed by atoms with E-state index in [4.69, 9.17) is 0 Å². The van der Waals surface area contributed by atoms with Crippen molar-refractivity contribution in [1.29, 1.82) is 10.5 Å². The van der Waals surface area contributed by atoms with Gasteiger partial charge in [0.15, 0.2) is 0 Å². The Labute approximate surface area is 162 Å². The molecule has 0 aromatic carbocycles. The van der Waals surface area contributed by atoms with Crippen LogP contribution in [0.5, 0.6) is 0 Å². The minimum atomic E-state index is -0.0819. The Morgan fingerprint density at radius 2 is 2.08 bits per heavy atom. The number of aryl methyl sites for hydroxylation is 1. The van der Waals surface area contributed by atoms with E-state index in [1.807, 2.05) is 12.3 Å². The number of nitrogens with one attached hydrogen (secondary N) is 1. The molecule has 0 unspecified atom stereocenters. The molecule has 3 heterocycles. The van der Waals surface area contributed by atoms with Crippen molar-refractivity contribution < 1.29 is 5.32 Å². The van der Waals surface area contributed by atoms with Crippen LogP contribution in [0.3, 0.4) is 0 Å². The van der Waals surface area contributed by atoms with E-state index in [-0.39, 0.29) is 11.1 Å². The first-order valence-electron chi connectivity index (χ1n) is 8.39. The second kappa shape index (κ2) is 6.51. The summed E-state index contributed by atoms with van der Waals surface area (Å²) in [5, 5.41) is 28.2. The molecule has 3 N–H and O–H groups in total. The quantitative estimate of drug-likeness (QED) is 0.793. The predicted molar refractivity (Wildman–Crippen MR) is 106 cm³/mol. The molecule has 0 radical (unpaired) electrons. The minimum Gasteiger partial charge on any atom is -0.351 e. The Morgan fingerprint density at radius 1 is 1.35 bits per heavy atom. The van der Waals surface area contributed by atoms with E-state index < -0.39 is 0 Å². The summed E-state index contributed by atoms with van der Waals surface area (Å²) < 4.78 is 0. The smallest absolute Gasteiger partial charge is 0.135 e. The lowest BCUT2D eigenvalue weighted by Gasteiger charge is -2.38. The second-order valence-corrected chi connectivity index (χ2v) is 9.74. The topological polar surface area (TPSA) is 89.1 Å². The van der Waals surface area contributed by atoms with Gasteiger partial charge in [-0.1, -0.05) is 0 Å². The highest BCUT2D eigenvalue weighted by atomic mass is 32.1. The van der Waals surface area contributed by atoms with Gasteiger partial charge in [-0.05, 0) is 40.2 Å². The SMILES string of the molecule is Cc1csc(/C(C#N)=C/Nc2sc3c(c2C#N)CC(C)(C)[NH2+]C3(C)C)n1. The van der Waals surface area contributed by atoms with Gasteiger partial charge in [0.25, 0.3) is 0 Å². The number of nitrogens with zero attached hydrogens (tertiary/aromatic N) is 3. The van der Waals surface area contributed by atoms with Crippen molar-refractivity contribution >= 4 is 33.2 Å².